The molecule has 16 heavy (non-hydrogen) atoms. The van der Waals surface area contributed by atoms with Crippen LogP contribution in [0.5, 0.6) is 5.75 Å². The Morgan fingerprint density at radius 1 is 1.06 bits per heavy atom. The Hall–Kier alpha value is -1.80. The van der Waals surface area contributed by atoms with E-state index in [0.29, 0.717) is 6.54 Å². The molecule has 0 saturated heterocycles. The number of para-hydroxylation sites is 1. The van der Waals surface area contributed by atoms with Gasteiger partial charge in [-0.15, -0.1) is 0 Å². The monoisotopic (exact) mass is 213 g/mol. The quantitative estimate of drug-likeness (QED) is 0.850. The maximum Gasteiger partial charge on any atom is 0.126 e. The normalized spacial score (nSPS) is 10.1. The first kappa shape index (κ1) is 10.7. The summed E-state index contributed by atoms with van der Waals surface area (Å²) in [6.07, 6.45) is 0. The van der Waals surface area contributed by atoms with Crippen LogP contribution in [-0.2, 0) is 6.54 Å². The van der Waals surface area contributed by atoms with Crippen molar-refractivity contribution in [2.45, 2.75) is 6.54 Å². The van der Waals surface area contributed by atoms with Gasteiger partial charge in [-0.1, -0.05) is 36.4 Å². The fourth-order valence-corrected chi connectivity index (χ4v) is 1.75. The van der Waals surface area contributed by atoms with Crippen LogP contribution in [0.4, 0.5) is 0 Å². The molecule has 0 aliphatic heterocycles. The standard InChI is InChI=1S/C14H15NO/c1-16-14-8-3-2-7-13(14)12-6-4-5-11(9-12)10-15/h2-9H,10,15H2,1H3. The third-order valence-corrected chi connectivity index (χ3v) is 2.58. The number of hydrogen-bond donors (Lipinski definition) is 1. The third-order valence-electron chi connectivity index (χ3n) is 2.58. The van der Waals surface area contributed by atoms with Gasteiger partial charge in [0.2, 0.25) is 0 Å². The molecule has 82 valence electrons. The molecule has 0 fully saturated rings. The summed E-state index contributed by atoms with van der Waals surface area (Å²) in [5.41, 5.74) is 9.00. The lowest BCUT2D eigenvalue weighted by Crippen LogP contribution is -1.96. The number of benzene rings is 2. The molecule has 0 aromatic heterocycles. The van der Waals surface area contributed by atoms with Crippen molar-refractivity contribution >= 4 is 0 Å². The van der Waals surface area contributed by atoms with E-state index >= 15 is 0 Å². The van der Waals surface area contributed by atoms with Crippen molar-refractivity contribution in [2.75, 3.05) is 7.11 Å². The number of rotatable bonds is 3. The second-order valence-electron chi connectivity index (χ2n) is 3.60. The molecule has 2 aromatic rings. The maximum absolute atomic E-state index is 5.64. The van der Waals surface area contributed by atoms with Crippen LogP contribution in [-0.4, -0.2) is 7.11 Å². The van der Waals surface area contributed by atoms with Crippen molar-refractivity contribution < 1.29 is 4.74 Å². The molecule has 0 heterocycles. The van der Waals surface area contributed by atoms with Gasteiger partial charge in [0.1, 0.15) is 5.75 Å². The second-order valence-corrected chi connectivity index (χ2v) is 3.60. The van der Waals surface area contributed by atoms with Crippen molar-refractivity contribution in [3.05, 3.63) is 54.1 Å². The summed E-state index contributed by atoms with van der Waals surface area (Å²) in [5, 5.41) is 0. The fraction of sp³-hybridized carbons (Fsp3) is 0.143. The minimum Gasteiger partial charge on any atom is -0.496 e. The predicted molar refractivity (Wildman–Crippen MR) is 66.3 cm³/mol. The van der Waals surface area contributed by atoms with E-state index in [0.717, 1.165) is 22.4 Å². The number of ether oxygens (including phenoxy) is 1. The highest BCUT2D eigenvalue weighted by atomic mass is 16.5. The van der Waals surface area contributed by atoms with Gasteiger partial charge in [0.05, 0.1) is 7.11 Å². The number of hydrogen-bond acceptors (Lipinski definition) is 2. The van der Waals surface area contributed by atoms with Gasteiger partial charge < -0.3 is 10.5 Å². The molecule has 0 aliphatic rings. The van der Waals surface area contributed by atoms with Crippen molar-refractivity contribution in [3.63, 3.8) is 0 Å². The van der Waals surface area contributed by atoms with Gasteiger partial charge in [0, 0.05) is 12.1 Å². The van der Waals surface area contributed by atoms with Crippen molar-refractivity contribution in [1.82, 2.24) is 0 Å². The van der Waals surface area contributed by atoms with E-state index in [1.807, 2.05) is 30.3 Å². The lowest BCUT2D eigenvalue weighted by Gasteiger charge is -2.09. The molecule has 0 saturated carbocycles. The van der Waals surface area contributed by atoms with Crippen LogP contribution < -0.4 is 10.5 Å². The minimum absolute atomic E-state index is 0.559. The SMILES string of the molecule is COc1ccccc1-c1cccc(CN)c1. The van der Waals surface area contributed by atoms with Crippen LogP contribution in [0.2, 0.25) is 0 Å². The molecular formula is C14H15NO. The minimum atomic E-state index is 0.559. The zero-order chi connectivity index (χ0) is 11.4. The maximum atomic E-state index is 5.64. The lowest BCUT2D eigenvalue weighted by atomic mass is 10.0. The van der Waals surface area contributed by atoms with Gasteiger partial charge in [0.15, 0.2) is 0 Å². The van der Waals surface area contributed by atoms with E-state index < -0.39 is 0 Å². The van der Waals surface area contributed by atoms with E-state index in [9.17, 15) is 0 Å². The Bertz CT molecular complexity index is 480. The molecule has 2 nitrogen and oxygen atoms in total. The molecule has 2 rings (SSSR count). The molecule has 0 radical (unpaired) electrons. The molecule has 2 heteroatoms. The van der Waals surface area contributed by atoms with E-state index in [4.69, 9.17) is 10.5 Å². The number of methoxy groups -OCH3 is 1. The highest BCUT2D eigenvalue weighted by molar-refractivity contribution is 5.70. The average molecular weight is 213 g/mol. The largest absolute Gasteiger partial charge is 0.496 e. The third kappa shape index (κ3) is 2.07. The summed E-state index contributed by atoms with van der Waals surface area (Å²) >= 11 is 0. The zero-order valence-corrected chi connectivity index (χ0v) is 9.31. The van der Waals surface area contributed by atoms with E-state index in [2.05, 4.69) is 18.2 Å². The zero-order valence-electron chi connectivity index (χ0n) is 9.31. The topological polar surface area (TPSA) is 35.2 Å². The van der Waals surface area contributed by atoms with Gasteiger partial charge in [-0.05, 0) is 23.3 Å². The molecule has 0 spiro atoms. The van der Waals surface area contributed by atoms with E-state index in [-0.39, 0.29) is 0 Å². The van der Waals surface area contributed by atoms with Crippen LogP contribution in [0.15, 0.2) is 48.5 Å². The molecule has 2 N–H and O–H groups in total. The summed E-state index contributed by atoms with van der Waals surface area (Å²) in [7, 11) is 1.69. The van der Waals surface area contributed by atoms with Gasteiger partial charge in [-0.25, -0.2) is 0 Å². The smallest absolute Gasteiger partial charge is 0.126 e. The Morgan fingerprint density at radius 3 is 2.62 bits per heavy atom. The summed E-state index contributed by atoms with van der Waals surface area (Å²) in [4.78, 5) is 0. The van der Waals surface area contributed by atoms with Crippen molar-refractivity contribution in [1.29, 1.82) is 0 Å². The number of nitrogens with two attached hydrogens (primary N) is 1. The van der Waals surface area contributed by atoms with Crippen LogP contribution in [0, 0.1) is 0 Å². The van der Waals surface area contributed by atoms with Crippen molar-refractivity contribution in [2.24, 2.45) is 5.73 Å². The lowest BCUT2D eigenvalue weighted by molar-refractivity contribution is 0.416. The Morgan fingerprint density at radius 2 is 1.88 bits per heavy atom. The predicted octanol–water partition coefficient (Wildman–Crippen LogP) is 2.82. The Labute approximate surface area is 95.7 Å². The Kier molecular flexibility index (Phi) is 3.22. The molecular weight excluding hydrogens is 198 g/mol. The van der Waals surface area contributed by atoms with Gasteiger partial charge in [0.25, 0.3) is 0 Å². The van der Waals surface area contributed by atoms with Crippen molar-refractivity contribution in [3.8, 4) is 16.9 Å². The Balaban J connectivity index is 2.49. The molecule has 0 amide bonds. The van der Waals surface area contributed by atoms with Crippen LogP contribution in [0.1, 0.15) is 5.56 Å². The highest BCUT2D eigenvalue weighted by Gasteiger charge is 2.04. The van der Waals surface area contributed by atoms with Crippen LogP contribution >= 0.6 is 0 Å². The summed E-state index contributed by atoms with van der Waals surface area (Å²) in [5.74, 6) is 0.886. The van der Waals surface area contributed by atoms with E-state index in [1.165, 1.54) is 0 Å². The summed E-state index contributed by atoms with van der Waals surface area (Å²) in [6, 6.07) is 16.2. The van der Waals surface area contributed by atoms with Gasteiger partial charge in [-0.2, -0.15) is 0 Å². The summed E-state index contributed by atoms with van der Waals surface area (Å²) in [6.45, 7) is 0.559. The summed E-state index contributed by atoms with van der Waals surface area (Å²) < 4.78 is 5.34. The molecule has 2 aromatic carbocycles. The molecule has 0 atom stereocenters. The first-order valence-electron chi connectivity index (χ1n) is 5.27. The molecule has 0 unspecified atom stereocenters. The average Bonchev–Trinajstić information content (AvgIpc) is 2.38. The molecule has 0 aliphatic carbocycles. The second kappa shape index (κ2) is 4.81. The van der Waals surface area contributed by atoms with E-state index in [1.54, 1.807) is 7.11 Å². The van der Waals surface area contributed by atoms with Gasteiger partial charge in [-0.3, -0.25) is 0 Å². The fourth-order valence-electron chi connectivity index (χ4n) is 1.75. The van der Waals surface area contributed by atoms with Crippen LogP contribution in [0.25, 0.3) is 11.1 Å². The first-order chi connectivity index (χ1) is 7.85. The first-order valence-corrected chi connectivity index (χ1v) is 5.27. The van der Waals surface area contributed by atoms with Crippen LogP contribution in [0.3, 0.4) is 0 Å². The van der Waals surface area contributed by atoms with Gasteiger partial charge >= 0.3 is 0 Å². The highest BCUT2D eigenvalue weighted by Crippen LogP contribution is 2.29. The molecule has 0 bridgehead atoms.